The Kier molecular flexibility index (Phi) is 11.4. The van der Waals surface area contributed by atoms with Crippen LogP contribution in [0.2, 0.25) is 0 Å². The van der Waals surface area contributed by atoms with Crippen molar-refractivity contribution in [2.24, 2.45) is 0 Å². The number of thioether (sulfide) groups is 1. The zero-order valence-electron chi connectivity index (χ0n) is 11.6. The molecule has 0 aromatic rings. The van der Waals surface area contributed by atoms with E-state index in [9.17, 15) is 9.59 Å². The molecule has 0 saturated heterocycles. The molecule has 0 N–H and O–H groups in total. The van der Waals surface area contributed by atoms with Gasteiger partial charge in [0, 0.05) is 11.3 Å². The molecular weight excluding hydrogens is 268 g/mol. The van der Waals surface area contributed by atoms with Gasteiger partial charge in [0.15, 0.2) is 0 Å². The van der Waals surface area contributed by atoms with Crippen LogP contribution >= 0.6 is 11.8 Å². The SMILES string of the molecule is C=C(C)C(=O)OCCOCCC(=O)OCCSCC. The molecule has 0 aliphatic carbocycles. The normalized spacial score (nSPS) is 10.0. The van der Waals surface area contributed by atoms with Crippen molar-refractivity contribution in [1.29, 1.82) is 0 Å². The van der Waals surface area contributed by atoms with Gasteiger partial charge >= 0.3 is 11.9 Å². The van der Waals surface area contributed by atoms with Gasteiger partial charge in [-0.05, 0) is 12.7 Å². The highest BCUT2D eigenvalue weighted by molar-refractivity contribution is 7.99. The first-order chi connectivity index (χ1) is 9.07. The molecule has 0 rings (SSSR count). The lowest BCUT2D eigenvalue weighted by atomic mass is 10.4. The second-order valence-corrected chi connectivity index (χ2v) is 5.09. The predicted octanol–water partition coefficient (Wildman–Crippen LogP) is 1.81. The minimum Gasteiger partial charge on any atom is -0.465 e. The van der Waals surface area contributed by atoms with Crippen molar-refractivity contribution in [1.82, 2.24) is 0 Å². The Morgan fingerprint density at radius 2 is 1.84 bits per heavy atom. The summed E-state index contributed by atoms with van der Waals surface area (Å²) >= 11 is 1.73. The van der Waals surface area contributed by atoms with Crippen molar-refractivity contribution < 1.29 is 23.8 Å². The Labute approximate surface area is 118 Å². The summed E-state index contributed by atoms with van der Waals surface area (Å²) in [4.78, 5) is 22.2. The van der Waals surface area contributed by atoms with Crippen LogP contribution in [0.15, 0.2) is 12.2 Å². The molecular formula is C13H22O5S. The summed E-state index contributed by atoms with van der Waals surface area (Å²) < 4.78 is 15.0. The highest BCUT2D eigenvalue weighted by atomic mass is 32.2. The van der Waals surface area contributed by atoms with Crippen molar-refractivity contribution in [3.63, 3.8) is 0 Å². The predicted molar refractivity (Wildman–Crippen MR) is 75.2 cm³/mol. The largest absolute Gasteiger partial charge is 0.465 e. The molecule has 0 spiro atoms. The Hall–Kier alpha value is -1.01. The summed E-state index contributed by atoms with van der Waals surface area (Å²) in [7, 11) is 0. The average molecular weight is 290 g/mol. The minimum atomic E-state index is -0.434. The summed E-state index contributed by atoms with van der Waals surface area (Å²) in [5, 5.41) is 0. The molecule has 0 heterocycles. The first-order valence-electron chi connectivity index (χ1n) is 6.21. The van der Waals surface area contributed by atoms with E-state index in [1.165, 1.54) is 0 Å². The van der Waals surface area contributed by atoms with Crippen LogP contribution in [0.4, 0.5) is 0 Å². The summed E-state index contributed by atoms with van der Waals surface area (Å²) in [5.41, 5.74) is 0.355. The third kappa shape index (κ3) is 11.8. The van der Waals surface area contributed by atoms with Crippen LogP contribution in [-0.2, 0) is 23.8 Å². The van der Waals surface area contributed by atoms with Crippen molar-refractivity contribution >= 4 is 23.7 Å². The first-order valence-corrected chi connectivity index (χ1v) is 7.37. The summed E-state index contributed by atoms with van der Waals surface area (Å²) in [6.45, 7) is 8.22. The lowest BCUT2D eigenvalue weighted by Gasteiger charge is -2.06. The van der Waals surface area contributed by atoms with Gasteiger partial charge in [0.05, 0.1) is 19.6 Å². The molecule has 0 aliphatic rings. The van der Waals surface area contributed by atoms with E-state index in [2.05, 4.69) is 13.5 Å². The number of rotatable bonds is 11. The Bertz CT molecular complexity index is 291. The Balaban J connectivity index is 3.32. The molecule has 0 unspecified atom stereocenters. The molecule has 0 amide bonds. The van der Waals surface area contributed by atoms with E-state index in [4.69, 9.17) is 14.2 Å². The fraction of sp³-hybridized carbons (Fsp3) is 0.692. The van der Waals surface area contributed by atoms with Crippen LogP contribution < -0.4 is 0 Å². The second-order valence-electron chi connectivity index (χ2n) is 3.70. The topological polar surface area (TPSA) is 61.8 Å². The fourth-order valence-electron chi connectivity index (χ4n) is 1.00. The zero-order valence-corrected chi connectivity index (χ0v) is 12.4. The molecule has 0 radical (unpaired) electrons. The quantitative estimate of drug-likeness (QED) is 0.328. The monoisotopic (exact) mass is 290 g/mol. The highest BCUT2D eigenvalue weighted by Crippen LogP contribution is 1.98. The summed E-state index contributed by atoms with van der Waals surface area (Å²) in [6, 6.07) is 0. The fourth-order valence-corrected chi connectivity index (χ4v) is 1.49. The molecule has 19 heavy (non-hydrogen) atoms. The summed E-state index contributed by atoms with van der Waals surface area (Å²) in [6.07, 6.45) is 0.214. The molecule has 0 bridgehead atoms. The maximum atomic E-state index is 11.2. The Morgan fingerprint density at radius 1 is 1.11 bits per heavy atom. The van der Waals surface area contributed by atoms with Crippen LogP contribution in [0.25, 0.3) is 0 Å². The molecule has 0 aliphatic heterocycles. The van der Waals surface area contributed by atoms with Crippen LogP contribution in [0.1, 0.15) is 20.3 Å². The van der Waals surface area contributed by atoms with Crippen molar-refractivity contribution in [2.45, 2.75) is 20.3 Å². The van der Waals surface area contributed by atoms with Crippen molar-refractivity contribution in [3.8, 4) is 0 Å². The molecule has 110 valence electrons. The van der Waals surface area contributed by atoms with Gasteiger partial charge in [0.2, 0.25) is 0 Å². The molecule has 0 saturated carbocycles. The van der Waals surface area contributed by atoms with E-state index in [1.54, 1.807) is 18.7 Å². The van der Waals surface area contributed by atoms with Gasteiger partial charge in [0.25, 0.3) is 0 Å². The lowest BCUT2D eigenvalue weighted by Crippen LogP contribution is -2.14. The number of hydrogen-bond donors (Lipinski definition) is 0. The number of carbonyl (C=O) groups is 2. The van der Waals surface area contributed by atoms with E-state index < -0.39 is 5.97 Å². The number of esters is 2. The van der Waals surface area contributed by atoms with Crippen LogP contribution in [0.5, 0.6) is 0 Å². The van der Waals surface area contributed by atoms with Crippen LogP contribution in [0, 0.1) is 0 Å². The smallest absolute Gasteiger partial charge is 0.333 e. The minimum absolute atomic E-state index is 0.161. The van der Waals surface area contributed by atoms with Crippen LogP contribution in [-0.4, -0.2) is 49.9 Å². The zero-order chi connectivity index (χ0) is 14.5. The van der Waals surface area contributed by atoms with Crippen LogP contribution in [0.3, 0.4) is 0 Å². The molecule has 5 nitrogen and oxygen atoms in total. The van der Waals surface area contributed by atoms with Gasteiger partial charge in [-0.15, -0.1) is 0 Å². The molecule has 6 heteroatoms. The molecule has 0 aromatic heterocycles. The number of hydrogen-bond acceptors (Lipinski definition) is 6. The first kappa shape index (κ1) is 18.0. The van der Waals surface area contributed by atoms with E-state index in [0.717, 1.165) is 11.5 Å². The Morgan fingerprint density at radius 3 is 2.47 bits per heavy atom. The lowest BCUT2D eigenvalue weighted by molar-refractivity contribution is -0.145. The van der Waals surface area contributed by atoms with Crippen molar-refractivity contribution in [3.05, 3.63) is 12.2 Å². The van der Waals surface area contributed by atoms with Crippen molar-refractivity contribution in [2.75, 3.05) is 37.9 Å². The molecule has 0 fully saturated rings. The van der Waals surface area contributed by atoms with E-state index >= 15 is 0 Å². The third-order valence-electron chi connectivity index (χ3n) is 1.95. The van der Waals surface area contributed by atoms with E-state index in [0.29, 0.717) is 12.2 Å². The maximum absolute atomic E-state index is 11.2. The number of ether oxygens (including phenoxy) is 3. The van der Waals surface area contributed by atoms with Gasteiger partial charge in [-0.2, -0.15) is 11.8 Å². The molecule has 0 aromatic carbocycles. The van der Waals surface area contributed by atoms with Gasteiger partial charge in [0.1, 0.15) is 13.2 Å². The van der Waals surface area contributed by atoms with E-state index in [1.807, 2.05) is 0 Å². The second kappa shape index (κ2) is 12.0. The standard InChI is InChI=1S/C13H22O5S/c1-4-19-10-9-17-12(14)5-6-16-7-8-18-13(15)11(2)3/h2,4-10H2,1,3H3. The third-order valence-corrected chi connectivity index (χ3v) is 2.82. The molecule has 0 atom stereocenters. The van der Waals surface area contributed by atoms with Gasteiger partial charge in [-0.3, -0.25) is 4.79 Å². The van der Waals surface area contributed by atoms with E-state index in [-0.39, 0.29) is 32.2 Å². The van der Waals surface area contributed by atoms with Gasteiger partial charge in [-0.1, -0.05) is 13.5 Å². The highest BCUT2D eigenvalue weighted by Gasteiger charge is 2.04. The summed E-state index contributed by atoms with van der Waals surface area (Å²) in [5.74, 6) is 1.14. The van der Waals surface area contributed by atoms with Gasteiger partial charge in [-0.25, -0.2) is 4.79 Å². The number of carbonyl (C=O) groups excluding carboxylic acids is 2. The maximum Gasteiger partial charge on any atom is 0.333 e. The van der Waals surface area contributed by atoms with Gasteiger partial charge < -0.3 is 14.2 Å². The average Bonchev–Trinajstić information content (AvgIpc) is 2.38.